The first-order valence-electron chi connectivity index (χ1n) is 9.38. The Bertz CT molecular complexity index is 1110. The van der Waals surface area contributed by atoms with Gasteiger partial charge in [-0.05, 0) is 31.4 Å². The second-order valence-electron chi connectivity index (χ2n) is 7.75. The maximum absolute atomic E-state index is 13.5. The number of benzene rings is 1. The fraction of sp³-hybridized carbons (Fsp3) is 0.444. The van der Waals surface area contributed by atoms with E-state index in [1.807, 2.05) is 0 Å². The van der Waals surface area contributed by atoms with Crippen molar-refractivity contribution in [1.29, 1.82) is 0 Å². The minimum absolute atomic E-state index is 0.0991. The van der Waals surface area contributed by atoms with Gasteiger partial charge in [0.25, 0.3) is 0 Å². The van der Waals surface area contributed by atoms with Crippen molar-refractivity contribution in [2.45, 2.75) is 37.9 Å². The predicted molar refractivity (Wildman–Crippen MR) is 101 cm³/mol. The lowest BCUT2D eigenvalue weighted by Crippen LogP contribution is -2.50. The third kappa shape index (κ3) is 2.95. The highest BCUT2D eigenvalue weighted by molar-refractivity contribution is 7.93. The molecule has 154 valence electrons. The first-order valence-corrected chi connectivity index (χ1v) is 11.0. The van der Waals surface area contributed by atoms with Gasteiger partial charge in [0.2, 0.25) is 10.0 Å². The maximum Gasteiger partial charge on any atom is 0.322 e. The van der Waals surface area contributed by atoms with Crippen molar-refractivity contribution in [2.75, 3.05) is 21.9 Å². The smallest absolute Gasteiger partial charge is 0.311 e. The molecule has 11 heteroatoms. The highest BCUT2D eigenvalue weighted by Gasteiger charge is 2.54. The minimum Gasteiger partial charge on any atom is -0.311 e. The molecule has 2 aromatic rings. The second-order valence-corrected chi connectivity index (χ2v) is 9.76. The number of carbonyl (C=O) groups excluding carboxylic acids is 1. The predicted octanol–water partition coefficient (Wildman–Crippen LogP) is 2.28. The zero-order chi connectivity index (χ0) is 20.4. The largest absolute Gasteiger partial charge is 0.322 e. The Morgan fingerprint density at radius 1 is 1.21 bits per heavy atom. The minimum atomic E-state index is -3.37. The number of rotatable bonds is 2. The van der Waals surface area contributed by atoms with E-state index in [0.717, 1.165) is 25.0 Å². The summed E-state index contributed by atoms with van der Waals surface area (Å²) in [4.78, 5) is 14.6. The molecule has 1 aromatic heterocycles. The fourth-order valence-electron chi connectivity index (χ4n) is 4.12. The highest BCUT2D eigenvalue weighted by atomic mass is 32.2. The van der Waals surface area contributed by atoms with Gasteiger partial charge in [-0.2, -0.15) is 5.10 Å². The van der Waals surface area contributed by atoms with E-state index in [4.69, 9.17) is 0 Å². The number of sulfonamides is 1. The number of hydrogen-bond acceptors (Lipinski definition) is 4. The van der Waals surface area contributed by atoms with Crippen LogP contribution < -0.4 is 9.62 Å². The monoisotopic (exact) mass is 423 g/mol. The van der Waals surface area contributed by atoms with Crippen molar-refractivity contribution in [2.24, 2.45) is 0 Å². The van der Waals surface area contributed by atoms with Crippen molar-refractivity contribution in [1.82, 2.24) is 14.7 Å². The fourth-order valence-corrected chi connectivity index (χ4v) is 5.70. The van der Waals surface area contributed by atoms with Gasteiger partial charge >= 0.3 is 6.03 Å². The van der Waals surface area contributed by atoms with Gasteiger partial charge in [0.05, 0.1) is 42.0 Å². The Morgan fingerprint density at radius 3 is 2.66 bits per heavy atom. The molecule has 2 fully saturated rings. The van der Waals surface area contributed by atoms with Crippen LogP contribution in [-0.2, 0) is 23.1 Å². The molecule has 5 rings (SSSR count). The van der Waals surface area contributed by atoms with Crippen molar-refractivity contribution in [3.8, 4) is 0 Å². The van der Waals surface area contributed by atoms with Crippen LogP contribution in [0.5, 0.6) is 0 Å². The van der Waals surface area contributed by atoms with E-state index < -0.39 is 27.7 Å². The molecule has 3 aliphatic rings. The van der Waals surface area contributed by atoms with Crippen molar-refractivity contribution >= 4 is 27.4 Å². The van der Waals surface area contributed by atoms with Gasteiger partial charge in [-0.25, -0.2) is 22.0 Å². The lowest BCUT2D eigenvalue weighted by atomic mass is 10.1. The standard InChI is InChI=1S/C18H19F2N5O3S/c19-13-3-2-12(8-14(13)20)22-17(26)23-10-16-15(25-6-1-7-29(25,27)28)9-21-24(16)11-18(23)4-5-18/h2-3,8-9H,1,4-7,10-11H2,(H,22,26). The van der Waals surface area contributed by atoms with E-state index in [1.54, 1.807) is 15.8 Å². The quantitative estimate of drug-likeness (QED) is 0.803. The molecular weight excluding hydrogens is 404 g/mol. The Balaban J connectivity index is 1.44. The zero-order valence-electron chi connectivity index (χ0n) is 15.4. The number of halogens is 2. The maximum atomic E-state index is 13.5. The number of nitrogens with zero attached hydrogens (tertiary/aromatic N) is 4. The molecule has 2 aliphatic heterocycles. The lowest BCUT2D eigenvalue weighted by Gasteiger charge is -2.37. The summed E-state index contributed by atoms with van der Waals surface area (Å²) in [7, 11) is -3.37. The average molecular weight is 423 g/mol. The highest BCUT2D eigenvalue weighted by Crippen LogP contribution is 2.48. The van der Waals surface area contributed by atoms with Crippen molar-refractivity contribution in [3.05, 3.63) is 41.7 Å². The molecule has 1 saturated carbocycles. The SMILES string of the molecule is O=C(Nc1ccc(F)c(F)c1)N1Cc2c(N3CCCS3(=O)=O)cnn2CC12CC2. The van der Waals surface area contributed by atoms with Crippen LogP contribution >= 0.6 is 0 Å². The summed E-state index contributed by atoms with van der Waals surface area (Å²) in [5.41, 5.74) is 0.936. The number of fused-ring (bicyclic) bond motifs is 1. The molecule has 1 aliphatic carbocycles. The number of aromatic nitrogens is 2. The summed E-state index contributed by atoms with van der Waals surface area (Å²) in [6.45, 7) is 1.06. The van der Waals surface area contributed by atoms with Crippen LogP contribution in [0.2, 0.25) is 0 Å². The van der Waals surface area contributed by atoms with E-state index in [0.29, 0.717) is 30.9 Å². The van der Waals surface area contributed by atoms with Crippen LogP contribution in [0.4, 0.5) is 25.0 Å². The molecule has 1 saturated heterocycles. The van der Waals surface area contributed by atoms with Gasteiger partial charge in [-0.1, -0.05) is 0 Å². The van der Waals surface area contributed by atoms with Crippen LogP contribution in [0.15, 0.2) is 24.4 Å². The van der Waals surface area contributed by atoms with E-state index in [1.165, 1.54) is 10.4 Å². The van der Waals surface area contributed by atoms with Crippen LogP contribution in [0.1, 0.15) is 25.0 Å². The number of nitrogens with one attached hydrogen (secondary N) is 1. The molecule has 1 spiro atoms. The molecular formula is C18H19F2N5O3S. The molecule has 0 bridgehead atoms. The Kier molecular flexibility index (Phi) is 3.89. The number of urea groups is 1. The molecule has 1 aromatic carbocycles. The van der Waals surface area contributed by atoms with Crippen LogP contribution in [-0.4, -0.2) is 47.0 Å². The summed E-state index contributed by atoms with van der Waals surface area (Å²) < 4.78 is 54.4. The summed E-state index contributed by atoms with van der Waals surface area (Å²) in [6, 6.07) is 2.76. The van der Waals surface area contributed by atoms with Gasteiger partial charge < -0.3 is 10.2 Å². The van der Waals surface area contributed by atoms with E-state index >= 15 is 0 Å². The molecule has 29 heavy (non-hydrogen) atoms. The topological polar surface area (TPSA) is 87.5 Å². The molecule has 0 radical (unpaired) electrons. The Labute approximate surface area is 166 Å². The van der Waals surface area contributed by atoms with Gasteiger partial charge in [0, 0.05) is 18.3 Å². The molecule has 0 unspecified atom stereocenters. The first-order chi connectivity index (χ1) is 13.8. The zero-order valence-corrected chi connectivity index (χ0v) is 16.3. The molecule has 3 heterocycles. The molecule has 1 N–H and O–H groups in total. The average Bonchev–Trinajstić information content (AvgIpc) is 3.16. The van der Waals surface area contributed by atoms with Crippen molar-refractivity contribution < 1.29 is 22.0 Å². The summed E-state index contributed by atoms with van der Waals surface area (Å²) in [6.07, 6.45) is 3.70. The van der Waals surface area contributed by atoms with Crippen LogP contribution in [0, 0.1) is 11.6 Å². The number of anilines is 2. The summed E-state index contributed by atoms with van der Waals surface area (Å²) in [5, 5.41) is 6.98. The van der Waals surface area contributed by atoms with Crippen molar-refractivity contribution in [3.63, 3.8) is 0 Å². The van der Waals surface area contributed by atoms with Crippen LogP contribution in [0.3, 0.4) is 0 Å². The Morgan fingerprint density at radius 2 is 2.00 bits per heavy atom. The van der Waals surface area contributed by atoms with Gasteiger partial charge in [-0.15, -0.1) is 0 Å². The number of amides is 2. The van der Waals surface area contributed by atoms with Crippen LogP contribution in [0.25, 0.3) is 0 Å². The normalized spacial score (nSPS) is 21.3. The van der Waals surface area contributed by atoms with E-state index in [-0.39, 0.29) is 23.5 Å². The second kappa shape index (κ2) is 6.15. The summed E-state index contributed by atoms with van der Waals surface area (Å²) in [5.74, 6) is -1.93. The Hall–Kier alpha value is -2.69. The first kappa shape index (κ1) is 18.3. The molecule has 2 amide bonds. The number of hydrogen-bond donors (Lipinski definition) is 1. The third-order valence-electron chi connectivity index (χ3n) is 5.86. The van der Waals surface area contributed by atoms with E-state index in [2.05, 4.69) is 10.4 Å². The molecule has 8 nitrogen and oxygen atoms in total. The lowest BCUT2D eigenvalue weighted by molar-refractivity contribution is 0.141. The summed E-state index contributed by atoms with van der Waals surface area (Å²) >= 11 is 0. The third-order valence-corrected chi connectivity index (χ3v) is 7.72. The van der Waals surface area contributed by atoms with E-state index in [9.17, 15) is 22.0 Å². The van der Waals surface area contributed by atoms with Gasteiger partial charge in [-0.3, -0.25) is 8.99 Å². The van der Waals surface area contributed by atoms with Gasteiger partial charge in [0.1, 0.15) is 0 Å². The molecule has 0 atom stereocenters. The van der Waals surface area contributed by atoms with Gasteiger partial charge in [0.15, 0.2) is 11.6 Å². The number of carbonyl (C=O) groups is 1.